The van der Waals surface area contributed by atoms with Crippen LogP contribution in [0, 0.1) is 0 Å². The molecule has 8 heteroatoms. The number of carbonyl (C=O) groups is 3. The standard InChI is InChI=1S/C21H26N4O4/c1-4-24(5-2)20(27)17-16-12-8-9-13-25(16)18(23-17)19(26)22-15-11-7-6-10-14(15)21(28)29-3/h6-7,10-11H,4-5,8-9,12-13H2,1-3H3,(H,22,26). The van der Waals surface area contributed by atoms with Gasteiger partial charge in [-0.2, -0.15) is 0 Å². The lowest BCUT2D eigenvalue weighted by Crippen LogP contribution is -2.31. The maximum absolute atomic E-state index is 13.0. The minimum absolute atomic E-state index is 0.158. The average molecular weight is 398 g/mol. The van der Waals surface area contributed by atoms with Crippen LogP contribution in [0.3, 0.4) is 0 Å². The zero-order chi connectivity index (χ0) is 21.0. The first-order chi connectivity index (χ1) is 14.0. The van der Waals surface area contributed by atoms with Gasteiger partial charge in [-0.25, -0.2) is 9.78 Å². The molecule has 8 nitrogen and oxygen atoms in total. The predicted octanol–water partition coefficient (Wildman–Crippen LogP) is 2.74. The van der Waals surface area contributed by atoms with Crippen LogP contribution in [-0.2, 0) is 17.7 Å². The third-order valence-corrected chi connectivity index (χ3v) is 5.15. The van der Waals surface area contributed by atoms with Crippen LogP contribution in [-0.4, -0.2) is 52.4 Å². The molecule has 0 unspecified atom stereocenters. The predicted molar refractivity (Wildman–Crippen MR) is 108 cm³/mol. The smallest absolute Gasteiger partial charge is 0.339 e. The number of nitrogens with zero attached hydrogens (tertiary/aromatic N) is 3. The number of aromatic nitrogens is 2. The zero-order valence-corrected chi connectivity index (χ0v) is 17.0. The summed E-state index contributed by atoms with van der Waals surface area (Å²) >= 11 is 0. The molecular formula is C21H26N4O4. The number of rotatable bonds is 6. The third-order valence-electron chi connectivity index (χ3n) is 5.15. The van der Waals surface area contributed by atoms with Crippen molar-refractivity contribution in [2.75, 3.05) is 25.5 Å². The Morgan fingerprint density at radius 3 is 2.59 bits per heavy atom. The van der Waals surface area contributed by atoms with Gasteiger partial charge in [0, 0.05) is 19.6 Å². The number of fused-ring (bicyclic) bond motifs is 1. The molecule has 2 amide bonds. The van der Waals surface area contributed by atoms with Crippen LogP contribution < -0.4 is 5.32 Å². The topological polar surface area (TPSA) is 93.5 Å². The fraction of sp³-hybridized carbons (Fsp3) is 0.429. The molecular weight excluding hydrogens is 372 g/mol. The number of hydrogen-bond donors (Lipinski definition) is 1. The lowest BCUT2D eigenvalue weighted by molar-refractivity contribution is 0.0601. The van der Waals surface area contributed by atoms with Crippen molar-refractivity contribution < 1.29 is 19.1 Å². The number of carbonyl (C=O) groups excluding carboxylic acids is 3. The molecule has 1 aliphatic heterocycles. The molecule has 29 heavy (non-hydrogen) atoms. The number of nitrogens with one attached hydrogen (secondary N) is 1. The Bertz CT molecular complexity index is 931. The van der Waals surface area contributed by atoms with E-state index in [1.54, 1.807) is 29.2 Å². The van der Waals surface area contributed by atoms with Gasteiger partial charge in [0.15, 0.2) is 5.82 Å². The van der Waals surface area contributed by atoms with E-state index in [1.165, 1.54) is 7.11 Å². The van der Waals surface area contributed by atoms with Gasteiger partial charge in [0.25, 0.3) is 11.8 Å². The second-order valence-corrected chi connectivity index (χ2v) is 6.81. The Morgan fingerprint density at radius 2 is 1.90 bits per heavy atom. The van der Waals surface area contributed by atoms with Crippen molar-refractivity contribution in [3.63, 3.8) is 0 Å². The van der Waals surface area contributed by atoms with Crippen LogP contribution in [0.4, 0.5) is 5.69 Å². The van der Waals surface area contributed by atoms with Crippen molar-refractivity contribution in [2.45, 2.75) is 39.7 Å². The normalized spacial score (nSPS) is 12.8. The lowest BCUT2D eigenvalue weighted by atomic mass is 10.1. The highest BCUT2D eigenvalue weighted by Crippen LogP contribution is 2.24. The van der Waals surface area contributed by atoms with Crippen molar-refractivity contribution in [2.24, 2.45) is 0 Å². The summed E-state index contributed by atoms with van der Waals surface area (Å²) in [4.78, 5) is 44.1. The fourth-order valence-electron chi connectivity index (χ4n) is 3.61. The summed E-state index contributed by atoms with van der Waals surface area (Å²) < 4.78 is 6.61. The van der Waals surface area contributed by atoms with Crippen LogP contribution in [0.5, 0.6) is 0 Å². The highest BCUT2D eigenvalue weighted by Gasteiger charge is 2.29. The first kappa shape index (κ1) is 20.6. The molecule has 0 spiro atoms. The Kier molecular flexibility index (Phi) is 6.31. The van der Waals surface area contributed by atoms with Crippen molar-refractivity contribution >= 4 is 23.5 Å². The van der Waals surface area contributed by atoms with E-state index in [-0.39, 0.29) is 17.3 Å². The van der Waals surface area contributed by atoms with Gasteiger partial charge in [0.1, 0.15) is 5.69 Å². The molecule has 2 heterocycles. The molecule has 1 aromatic carbocycles. The highest BCUT2D eigenvalue weighted by atomic mass is 16.5. The molecule has 1 N–H and O–H groups in total. The summed E-state index contributed by atoms with van der Waals surface area (Å²) in [5.74, 6) is -0.962. The van der Waals surface area contributed by atoms with Gasteiger partial charge < -0.3 is 19.5 Å². The molecule has 154 valence electrons. The summed E-state index contributed by atoms with van der Waals surface area (Å²) in [6, 6.07) is 6.63. The molecule has 0 radical (unpaired) electrons. The largest absolute Gasteiger partial charge is 0.465 e. The second kappa shape index (κ2) is 8.89. The Hall–Kier alpha value is -3.16. The number of methoxy groups -OCH3 is 1. The summed E-state index contributed by atoms with van der Waals surface area (Å²) in [5, 5.41) is 2.75. The average Bonchev–Trinajstić information content (AvgIpc) is 3.14. The molecule has 3 rings (SSSR count). The van der Waals surface area contributed by atoms with Crippen LogP contribution in [0.1, 0.15) is 63.8 Å². The number of esters is 1. The van der Waals surface area contributed by atoms with E-state index < -0.39 is 11.9 Å². The van der Waals surface area contributed by atoms with E-state index in [0.717, 1.165) is 18.5 Å². The lowest BCUT2D eigenvalue weighted by Gasteiger charge is -2.20. The second-order valence-electron chi connectivity index (χ2n) is 6.81. The first-order valence-electron chi connectivity index (χ1n) is 9.89. The van der Waals surface area contributed by atoms with Gasteiger partial charge >= 0.3 is 5.97 Å². The molecule has 1 aromatic heterocycles. The number of amides is 2. The third kappa shape index (κ3) is 4.01. The Labute approximate surface area is 169 Å². The fourth-order valence-corrected chi connectivity index (χ4v) is 3.61. The van der Waals surface area contributed by atoms with Gasteiger partial charge in [0.2, 0.25) is 0 Å². The number of anilines is 1. The van der Waals surface area contributed by atoms with Gasteiger partial charge in [0.05, 0.1) is 24.1 Å². The zero-order valence-electron chi connectivity index (χ0n) is 17.0. The highest BCUT2D eigenvalue weighted by molar-refractivity contribution is 6.07. The maximum atomic E-state index is 13.0. The van der Waals surface area contributed by atoms with Crippen molar-refractivity contribution in [3.8, 4) is 0 Å². The van der Waals surface area contributed by atoms with Crippen LogP contribution in [0.15, 0.2) is 24.3 Å². The van der Waals surface area contributed by atoms with Crippen LogP contribution in [0.2, 0.25) is 0 Å². The summed E-state index contributed by atoms with van der Waals surface area (Å²) in [5.41, 5.74) is 1.75. The molecule has 1 aliphatic rings. The van der Waals surface area contributed by atoms with Gasteiger partial charge in [-0.3, -0.25) is 9.59 Å². The van der Waals surface area contributed by atoms with Crippen LogP contribution >= 0.6 is 0 Å². The van der Waals surface area contributed by atoms with E-state index in [1.807, 2.05) is 18.4 Å². The minimum Gasteiger partial charge on any atom is -0.465 e. The SMILES string of the molecule is CCN(CC)C(=O)c1nc(C(=O)Nc2ccccc2C(=O)OC)n2c1CCCC2. The number of imidazole rings is 1. The van der Waals surface area contributed by atoms with Crippen molar-refractivity contribution in [1.29, 1.82) is 0 Å². The minimum atomic E-state index is -0.538. The Morgan fingerprint density at radius 1 is 1.17 bits per heavy atom. The van der Waals surface area contributed by atoms with Crippen molar-refractivity contribution in [3.05, 3.63) is 47.0 Å². The molecule has 0 aliphatic carbocycles. The monoisotopic (exact) mass is 398 g/mol. The molecule has 0 atom stereocenters. The molecule has 2 aromatic rings. The van der Waals surface area contributed by atoms with Gasteiger partial charge in [-0.15, -0.1) is 0 Å². The van der Waals surface area contributed by atoms with E-state index in [4.69, 9.17) is 4.74 Å². The van der Waals surface area contributed by atoms with E-state index >= 15 is 0 Å². The quantitative estimate of drug-likeness (QED) is 0.755. The number of benzene rings is 1. The summed E-state index contributed by atoms with van der Waals surface area (Å²) in [6.07, 6.45) is 2.58. The van der Waals surface area contributed by atoms with E-state index in [9.17, 15) is 14.4 Å². The molecule has 0 fully saturated rings. The van der Waals surface area contributed by atoms with Gasteiger partial charge in [-0.1, -0.05) is 12.1 Å². The molecule has 0 saturated heterocycles. The first-order valence-corrected chi connectivity index (χ1v) is 9.89. The van der Waals surface area contributed by atoms with E-state index in [2.05, 4.69) is 10.3 Å². The Balaban J connectivity index is 1.96. The number of ether oxygens (including phenoxy) is 1. The molecule has 0 saturated carbocycles. The number of para-hydroxylation sites is 1. The van der Waals surface area contributed by atoms with Crippen molar-refractivity contribution in [1.82, 2.24) is 14.5 Å². The maximum Gasteiger partial charge on any atom is 0.339 e. The molecule has 0 bridgehead atoms. The van der Waals surface area contributed by atoms with E-state index in [0.29, 0.717) is 37.4 Å². The van der Waals surface area contributed by atoms with Crippen LogP contribution in [0.25, 0.3) is 0 Å². The summed E-state index contributed by atoms with van der Waals surface area (Å²) in [7, 11) is 1.29. The summed E-state index contributed by atoms with van der Waals surface area (Å²) in [6.45, 7) is 5.63. The van der Waals surface area contributed by atoms with Gasteiger partial charge in [-0.05, 0) is 45.2 Å². The number of hydrogen-bond acceptors (Lipinski definition) is 5.